The first-order valence-electron chi connectivity index (χ1n) is 7.33. The summed E-state index contributed by atoms with van der Waals surface area (Å²) in [7, 11) is -3.19. The smallest absolute Gasteiger partial charge is 0.269 e. The maximum atomic E-state index is 12.0. The average Bonchev–Trinajstić information content (AvgIpc) is 3.01. The fourth-order valence-electron chi connectivity index (χ4n) is 2.01. The minimum absolute atomic E-state index is 0.107. The second-order valence-electron chi connectivity index (χ2n) is 5.01. The molecule has 0 saturated heterocycles. The molecule has 8 heteroatoms. The van der Waals surface area contributed by atoms with Crippen LogP contribution in [0.25, 0.3) is 11.3 Å². The summed E-state index contributed by atoms with van der Waals surface area (Å²) in [5, 5.41) is 10.4. The van der Waals surface area contributed by atoms with E-state index in [0.29, 0.717) is 18.1 Å². The van der Waals surface area contributed by atoms with Crippen LogP contribution in [0.5, 0.6) is 5.75 Å². The molecule has 1 heterocycles. The molecule has 1 aromatic heterocycles. The van der Waals surface area contributed by atoms with Gasteiger partial charge in [0, 0.05) is 23.8 Å². The Labute approximate surface area is 140 Å². The van der Waals surface area contributed by atoms with Crippen molar-refractivity contribution in [1.29, 1.82) is 0 Å². The van der Waals surface area contributed by atoms with Crippen molar-refractivity contribution in [3.05, 3.63) is 47.5 Å². The van der Waals surface area contributed by atoms with E-state index in [1.54, 1.807) is 6.07 Å². The summed E-state index contributed by atoms with van der Waals surface area (Å²) >= 11 is 0. The van der Waals surface area contributed by atoms with Crippen molar-refractivity contribution in [2.75, 3.05) is 19.4 Å². The van der Waals surface area contributed by atoms with Gasteiger partial charge in [0.05, 0.1) is 12.3 Å². The van der Waals surface area contributed by atoms with Crippen LogP contribution in [0, 0.1) is 0 Å². The lowest BCUT2D eigenvalue weighted by molar-refractivity contribution is 0.0953. The van der Waals surface area contributed by atoms with Gasteiger partial charge in [-0.2, -0.15) is 5.10 Å². The summed E-state index contributed by atoms with van der Waals surface area (Å²) in [5.41, 5.74) is 1.66. The fraction of sp³-hybridized carbons (Fsp3) is 0.250. The van der Waals surface area contributed by atoms with Crippen molar-refractivity contribution >= 4 is 15.7 Å². The number of aromatic amines is 1. The molecule has 7 nitrogen and oxygen atoms in total. The molecule has 2 aromatic rings. The summed E-state index contributed by atoms with van der Waals surface area (Å²) in [6.45, 7) is 2.53. The van der Waals surface area contributed by atoms with Crippen molar-refractivity contribution < 1.29 is 17.9 Å². The first kappa shape index (κ1) is 17.7. The molecule has 24 heavy (non-hydrogen) atoms. The SMILES string of the molecule is CCOc1ccccc1-c1cc(C(=O)NCC=CS(C)(=O)=O)[nH]n1. The number of nitrogens with zero attached hydrogens (tertiary/aromatic N) is 1. The average molecular weight is 349 g/mol. The topological polar surface area (TPSA) is 101 Å². The van der Waals surface area contributed by atoms with E-state index in [4.69, 9.17) is 4.74 Å². The fourth-order valence-corrected chi connectivity index (χ4v) is 2.45. The standard InChI is InChI=1S/C16H19N3O4S/c1-3-23-15-8-5-4-7-12(15)13-11-14(19-18-13)16(20)17-9-6-10-24(2,21)22/h4-8,10-11H,3,9H2,1-2H3,(H,17,20)(H,18,19). The first-order valence-corrected chi connectivity index (χ1v) is 9.28. The van der Waals surface area contributed by atoms with Gasteiger partial charge in [0.1, 0.15) is 11.4 Å². The Morgan fingerprint density at radius 2 is 2.12 bits per heavy atom. The normalized spacial score (nSPS) is 11.6. The number of ether oxygens (including phenoxy) is 1. The molecular formula is C16H19N3O4S. The molecule has 0 saturated carbocycles. The predicted molar refractivity (Wildman–Crippen MR) is 91.5 cm³/mol. The molecule has 0 fully saturated rings. The van der Waals surface area contributed by atoms with Crippen molar-refractivity contribution in [3.63, 3.8) is 0 Å². The highest BCUT2D eigenvalue weighted by Crippen LogP contribution is 2.28. The van der Waals surface area contributed by atoms with E-state index in [-0.39, 0.29) is 18.1 Å². The van der Waals surface area contributed by atoms with E-state index >= 15 is 0 Å². The number of hydrogen-bond donors (Lipinski definition) is 2. The minimum Gasteiger partial charge on any atom is -0.493 e. The van der Waals surface area contributed by atoms with Crippen molar-refractivity contribution in [1.82, 2.24) is 15.5 Å². The van der Waals surface area contributed by atoms with Crippen LogP contribution in [-0.2, 0) is 9.84 Å². The molecule has 0 aliphatic carbocycles. The molecule has 1 amide bonds. The number of aromatic nitrogens is 2. The van der Waals surface area contributed by atoms with Crippen molar-refractivity contribution in [2.24, 2.45) is 0 Å². The van der Waals surface area contributed by atoms with Gasteiger partial charge in [-0.15, -0.1) is 0 Å². The maximum absolute atomic E-state index is 12.0. The highest BCUT2D eigenvalue weighted by Gasteiger charge is 2.13. The van der Waals surface area contributed by atoms with Gasteiger partial charge >= 0.3 is 0 Å². The Morgan fingerprint density at radius 3 is 2.83 bits per heavy atom. The Bertz CT molecular complexity index is 841. The Morgan fingerprint density at radius 1 is 1.38 bits per heavy atom. The van der Waals surface area contributed by atoms with Crippen LogP contribution in [0.15, 0.2) is 41.8 Å². The minimum atomic E-state index is -3.19. The predicted octanol–water partition coefficient (Wildman–Crippen LogP) is 1.76. The summed E-state index contributed by atoms with van der Waals surface area (Å²) in [4.78, 5) is 12.0. The molecule has 0 aliphatic heterocycles. The third-order valence-electron chi connectivity index (χ3n) is 3.01. The van der Waals surface area contributed by atoms with E-state index < -0.39 is 9.84 Å². The molecule has 0 atom stereocenters. The number of benzene rings is 1. The van der Waals surface area contributed by atoms with Gasteiger partial charge < -0.3 is 10.1 Å². The number of carbonyl (C=O) groups is 1. The second-order valence-corrected chi connectivity index (χ2v) is 6.94. The van der Waals surface area contributed by atoms with Crippen LogP contribution in [-0.4, -0.2) is 43.9 Å². The molecule has 128 valence electrons. The van der Waals surface area contributed by atoms with Crippen LogP contribution < -0.4 is 10.1 Å². The lowest BCUT2D eigenvalue weighted by Crippen LogP contribution is -2.23. The highest BCUT2D eigenvalue weighted by atomic mass is 32.2. The molecule has 2 N–H and O–H groups in total. The zero-order valence-electron chi connectivity index (χ0n) is 13.4. The molecular weight excluding hydrogens is 330 g/mol. The van der Waals surface area contributed by atoms with Gasteiger partial charge in [-0.25, -0.2) is 8.42 Å². The number of para-hydroxylation sites is 1. The Hall–Kier alpha value is -2.61. The summed E-state index contributed by atoms with van der Waals surface area (Å²) in [5.74, 6) is 0.315. The molecule has 0 unspecified atom stereocenters. The van der Waals surface area contributed by atoms with Gasteiger partial charge in [0.15, 0.2) is 9.84 Å². The Balaban J connectivity index is 2.08. The van der Waals surface area contributed by atoms with Crippen LogP contribution >= 0.6 is 0 Å². The molecule has 2 rings (SSSR count). The number of amides is 1. The second kappa shape index (κ2) is 7.78. The molecule has 0 bridgehead atoms. The van der Waals surface area contributed by atoms with E-state index in [1.807, 2.05) is 31.2 Å². The third-order valence-corrected chi connectivity index (χ3v) is 3.70. The number of hydrogen-bond acceptors (Lipinski definition) is 5. The summed E-state index contributed by atoms with van der Waals surface area (Å²) in [6, 6.07) is 9.04. The lowest BCUT2D eigenvalue weighted by atomic mass is 10.1. The largest absolute Gasteiger partial charge is 0.493 e. The van der Waals surface area contributed by atoms with Crippen molar-refractivity contribution in [3.8, 4) is 17.0 Å². The van der Waals surface area contributed by atoms with E-state index in [9.17, 15) is 13.2 Å². The summed E-state index contributed by atoms with van der Waals surface area (Å²) in [6.07, 6.45) is 2.46. The molecule has 0 aliphatic rings. The van der Waals surface area contributed by atoms with Crippen LogP contribution in [0.4, 0.5) is 0 Å². The zero-order chi connectivity index (χ0) is 17.6. The van der Waals surface area contributed by atoms with Crippen LogP contribution in [0.1, 0.15) is 17.4 Å². The number of carbonyl (C=O) groups excluding carboxylic acids is 1. The zero-order valence-corrected chi connectivity index (χ0v) is 14.3. The first-order chi connectivity index (χ1) is 11.4. The van der Waals surface area contributed by atoms with Gasteiger partial charge in [-0.05, 0) is 25.1 Å². The van der Waals surface area contributed by atoms with Gasteiger partial charge in [-0.1, -0.05) is 18.2 Å². The molecule has 1 aromatic carbocycles. The van der Waals surface area contributed by atoms with Crippen LogP contribution in [0.2, 0.25) is 0 Å². The monoisotopic (exact) mass is 349 g/mol. The number of sulfone groups is 1. The summed E-state index contributed by atoms with van der Waals surface area (Å²) < 4.78 is 27.5. The van der Waals surface area contributed by atoms with Crippen molar-refractivity contribution in [2.45, 2.75) is 6.92 Å². The van der Waals surface area contributed by atoms with E-state index in [1.165, 1.54) is 6.08 Å². The molecule has 0 radical (unpaired) electrons. The number of rotatable bonds is 7. The van der Waals surface area contributed by atoms with E-state index in [0.717, 1.165) is 17.2 Å². The highest BCUT2D eigenvalue weighted by molar-refractivity contribution is 7.93. The van der Waals surface area contributed by atoms with Crippen LogP contribution in [0.3, 0.4) is 0 Å². The number of H-pyrrole nitrogens is 1. The quantitative estimate of drug-likeness (QED) is 0.793. The van der Waals surface area contributed by atoms with Gasteiger partial charge in [0.25, 0.3) is 5.91 Å². The molecule has 0 spiro atoms. The maximum Gasteiger partial charge on any atom is 0.269 e. The third kappa shape index (κ3) is 4.95. The Kier molecular flexibility index (Phi) is 5.75. The van der Waals surface area contributed by atoms with Gasteiger partial charge in [0.2, 0.25) is 0 Å². The van der Waals surface area contributed by atoms with E-state index in [2.05, 4.69) is 15.5 Å². The van der Waals surface area contributed by atoms with Gasteiger partial charge in [-0.3, -0.25) is 9.89 Å². The lowest BCUT2D eigenvalue weighted by Gasteiger charge is -2.07. The number of nitrogens with one attached hydrogen (secondary N) is 2.